The highest BCUT2D eigenvalue weighted by Gasteiger charge is 2.91. The maximum atomic E-state index is 13.0. The number of hydrogen-bond acceptors (Lipinski definition) is 4. The fraction of sp³-hybridized carbons (Fsp3) is 0.571. The number of Topliss-reactive ketones (excluding diaryl/α,β-unsaturated/α-hetero) is 1. The zero-order valence-electron chi connectivity index (χ0n) is 15.0. The van der Waals surface area contributed by atoms with E-state index in [4.69, 9.17) is 4.74 Å². The number of nitrogens with zero attached hydrogens (tertiary/aromatic N) is 1. The van der Waals surface area contributed by atoms with Crippen molar-refractivity contribution < 1.29 is 24.2 Å². The van der Waals surface area contributed by atoms with Gasteiger partial charge in [0.1, 0.15) is 11.6 Å². The van der Waals surface area contributed by atoms with E-state index in [1.54, 1.807) is 6.07 Å². The van der Waals surface area contributed by atoms with Gasteiger partial charge in [0.2, 0.25) is 0 Å². The topological polar surface area (TPSA) is 66.8 Å². The lowest BCUT2D eigenvalue weighted by Crippen LogP contribution is -2.80. The molecule has 6 unspecified atom stereocenters. The number of likely N-dealkylation sites (N-methyl/N-ethyl adjacent to an activating group) is 1. The number of aromatic hydroxyl groups is 1. The number of ether oxygens (including phenoxy) is 1. The van der Waals surface area contributed by atoms with Gasteiger partial charge in [-0.2, -0.15) is 0 Å². The average Bonchev–Trinajstić information content (AvgIpc) is 2.96. The first kappa shape index (κ1) is 15.2. The normalized spacial score (nSPS) is 49.1. The SMILES string of the molecule is C=CC[N+]1(C)CC23CCC(=O)C4Oc5c(O)ccc6c5C4(C2)C3(O)C1C6. The van der Waals surface area contributed by atoms with Gasteiger partial charge in [-0.05, 0) is 30.5 Å². The van der Waals surface area contributed by atoms with Gasteiger partial charge in [0.15, 0.2) is 23.4 Å². The molecule has 2 N–H and O–H groups in total. The lowest BCUT2D eigenvalue weighted by atomic mass is 9.37. The molecule has 3 aliphatic carbocycles. The second-order valence-electron chi connectivity index (χ2n) is 9.44. The molecule has 136 valence electrons. The van der Waals surface area contributed by atoms with E-state index in [9.17, 15) is 15.0 Å². The molecule has 2 saturated carbocycles. The Bertz CT molecular complexity index is 912. The fourth-order valence-corrected chi connectivity index (χ4v) is 7.82. The van der Waals surface area contributed by atoms with Crippen LogP contribution in [0, 0.1) is 5.41 Å². The van der Waals surface area contributed by atoms with Crippen molar-refractivity contribution >= 4 is 5.78 Å². The summed E-state index contributed by atoms with van der Waals surface area (Å²) in [7, 11) is 2.22. The Kier molecular flexibility index (Phi) is 2.36. The fourth-order valence-electron chi connectivity index (χ4n) is 7.82. The Balaban J connectivity index is 1.69. The van der Waals surface area contributed by atoms with Crippen LogP contribution in [-0.4, -0.2) is 58.4 Å². The molecule has 5 nitrogen and oxygen atoms in total. The first-order valence-electron chi connectivity index (χ1n) is 9.55. The number of aliphatic hydroxyl groups is 1. The first-order valence-corrected chi connectivity index (χ1v) is 9.55. The maximum absolute atomic E-state index is 13.0. The van der Waals surface area contributed by atoms with Gasteiger partial charge >= 0.3 is 0 Å². The molecule has 6 rings (SSSR count). The number of phenolic OH excluding ortho intramolecular Hbond substituents is 1. The van der Waals surface area contributed by atoms with Crippen LogP contribution in [-0.2, 0) is 16.6 Å². The van der Waals surface area contributed by atoms with Crippen molar-refractivity contribution in [2.24, 2.45) is 5.41 Å². The second kappa shape index (κ2) is 4.02. The summed E-state index contributed by atoms with van der Waals surface area (Å²) in [5.74, 6) is 0.595. The van der Waals surface area contributed by atoms with Crippen LogP contribution in [0.2, 0.25) is 0 Å². The van der Waals surface area contributed by atoms with Gasteiger partial charge in [0.25, 0.3) is 0 Å². The Hall–Kier alpha value is -1.85. The highest BCUT2D eigenvalue weighted by molar-refractivity contribution is 5.90. The van der Waals surface area contributed by atoms with Crippen molar-refractivity contribution in [2.45, 2.75) is 48.8 Å². The zero-order valence-corrected chi connectivity index (χ0v) is 15.0. The van der Waals surface area contributed by atoms with Gasteiger partial charge < -0.3 is 19.4 Å². The molecular weight excluding hydrogens is 330 g/mol. The van der Waals surface area contributed by atoms with Gasteiger partial charge in [-0.15, -0.1) is 0 Å². The van der Waals surface area contributed by atoms with Gasteiger partial charge in [-0.25, -0.2) is 0 Å². The molecule has 6 atom stereocenters. The highest BCUT2D eigenvalue weighted by Crippen LogP contribution is 2.79. The summed E-state index contributed by atoms with van der Waals surface area (Å²) in [6.45, 7) is 5.63. The molecule has 5 aliphatic rings. The minimum absolute atomic E-state index is 0.0224. The number of benzene rings is 1. The number of carbonyl (C=O) groups is 1. The number of carbonyl (C=O) groups excluding carboxylic acids is 1. The molecule has 1 saturated heterocycles. The Morgan fingerprint density at radius 3 is 3.04 bits per heavy atom. The Morgan fingerprint density at radius 2 is 2.27 bits per heavy atom. The molecule has 1 aromatic rings. The number of phenols is 1. The van der Waals surface area contributed by atoms with Crippen LogP contribution in [0.5, 0.6) is 11.5 Å². The van der Waals surface area contributed by atoms with Crippen LogP contribution in [0.15, 0.2) is 24.8 Å². The summed E-state index contributed by atoms with van der Waals surface area (Å²) in [6.07, 6.45) is 3.98. The molecule has 0 aromatic heterocycles. The summed E-state index contributed by atoms with van der Waals surface area (Å²) in [5, 5.41) is 22.7. The first-order chi connectivity index (χ1) is 12.3. The summed E-state index contributed by atoms with van der Waals surface area (Å²) in [6, 6.07) is 3.65. The van der Waals surface area contributed by atoms with Crippen molar-refractivity contribution in [1.82, 2.24) is 0 Å². The molecule has 2 bridgehead atoms. The van der Waals surface area contributed by atoms with Crippen molar-refractivity contribution in [1.29, 1.82) is 0 Å². The third-order valence-electron chi connectivity index (χ3n) is 8.46. The van der Waals surface area contributed by atoms with Crippen LogP contribution in [0.4, 0.5) is 0 Å². The smallest absolute Gasteiger partial charge is 0.174 e. The van der Waals surface area contributed by atoms with E-state index in [0.717, 1.165) is 48.0 Å². The summed E-state index contributed by atoms with van der Waals surface area (Å²) in [4.78, 5) is 13.0. The number of rotatable bonds is 2. The Morgan fingerprint density at radius 1 is 1.46 bits per heavy atom. The van der Waals surface area contributed by atoms with Crippen LogP contribution < -0.4 is 4.74 Å². The summed E-state index contributed by atoms with van der Waals surface area (Å²) < 4.78 is 6.86. The predicted molar refractivity (Wildman–Crippen MR) is 94.0 cm³/mol. The quantitative estimate of drug-likeness (QED) is 0.623. The molecule has 0 radical (unpaired) electrons. The van der Waals surface area contributed by atoms with E-state index in [1.807, 2.05) is 12.1 Å². The highest BCUT2D eigenvalue weighted by atomic mass is 16.5. The average molecular weight is 354 g/mol. The Labute approximate surface area is 152 Å². The van der Waals surface area contributed by atoms with Crippen LogP contribution in [0.3, 0.4) is 0 Å². The molecule has 26 heavy (non-hydrogen) atoms. The van der Waals surface area contributed by atoms with E-state index in [-0.39, 0.29) is 23.0 Å². The largest absolute Gasteiger partial charge is 0.504 e. The van der Waals surface area contributed by atoms with E-state index < -0.39 is 17.1 Å². The lowest BCUT2D eigenvalue weighted by molar-refractivity contribution is -0.920. The maximum Gasteiger partial charge on any atom is 0.174 e. The molecular formula is C21H24NO4+. The lowest BCUT2D eigenvalue weighted by Gasteiger charge is -2.65. The van der Waals surface area contributed by atoms with Crippen LogP contribution in [0.1, 0.15) is 30.4 Å². The molecule has 3 fully saturated rings. The summed E-state index contributed by atoms with van der Waals surface area (Å²) >= 11 is 0. The molecule has 2 heterocycles. The molecule has 0 amide bonds. The molecule has 2 aliphatic heterocycles. The van der Waals surface area contributed by atoms with E-state index in [0.29, 0.717) is 12.2 Å². The van der Waals surface area contributed by atoms with Gasteiger partial charge in [-0.1, -0.05) is 12.6 Å². The van der Waals surface area contributed by atoms with Crippen molar-refractivity contribution in [3.63, 3.8) is 0 Å². The van der Waals surface area contributed by atoms with Crippen LogP contribution >= 0.6 is 0 Å². The monoisotopic (exact) mass is 354 g/mol. The van der Waals surface area contributed by atoms with Crippen molar-refractivity contribution in [2.75, 3.05) is 20.1 Å². The minimum atomic E-state index is -0.958. The van der Waals surface area contributed by atoms with Gasteiger partial charge in [-0.3, -0.25) is 4.79 Å². The number of quaternary nitrogens is 1. The summed E-state index contributed by atoms with van der Waals surface area (Å²) in [5.41, 5.74) is 0.145. The third kappa shape index (κ3) is 1.19. The minimum Gasteiger partial charge on any atom is -0.504 e. The van der Waals surface area contributed by atoms with Crippen molar-refractivity contribution in [3.05, 3.63) is 35.9 Å². The van der Waals surface area contributed by atoms with Crippen LogP contribution in [0.25, 0.3) is 0 Å². The van der Waals surface area contributed by atoms with Gasteiger partial charge in [0, 0.05) is 18.4 Å². The molecule has 5 heteroatoms. The second-order valence-corrected chi connectivity index (χ2v) is 9.44. The van der Waals surface area contributed by atoms with E-state index in [2.05, 4.69) is 13.6 Å². The standard InChI is InChI=1S/C21H23NO4/c1-3-8-22(2)11-19-7-6-14(24)18-20(10-19)16-12(9-15(22)21(19,20)25)4-5-13(23)17(16)26-18/h3-5,15,18,25H,1,6-11H2,2H3/p+1. The van der Waals surface area contributed by atoms with E-state index >= 15 is 0 Å². The third-order valence-corrected chi connectivity index (χ3v) is 8.46. The molecule has 2 spiro atoms. The van der Waals surface area contributed by atoms with Crippen molar-refractivity contribution in [3.8, 4) is 11.5 Å². The molecule has 1 aromatic carbocycles. The number of ketones is 1. The predicted octanol–water partition coefficient (Wildman–Crippen LogP) is 1.45. The number of likely N-dealkylation sites (tertiary alicyclic amines) is 1. The number of hydrogen-bond donors (Lipinski definition) is 2. The van der Waals surface area contributed by atoms with E-state index in [1.165, 1.54) is 0 Å². The van der Waals surface area contributed by atoms with Gasteiger partial charge in [0.05, 0.1) is 31.0 Å². The zero-order chi connectivity index (χ0) is 18.1.